The quantitative estimate of drug-likeness (QED) is 0.494. The van der Waals surface area contributed by atoms with Gasteiger partial charge in [0.2, 0.25) is 5.91 Å². The van der Waals surface area contributed by atoms with Gasteiger partial charge in [-0.2, -0.15) is 0 Å². The zero-order valence-electron chi connectivity index (χ0n) is 5.80. The van der Waals surface area contributed by atoms with Crippen LogP contribution in [0.5, 0.6) is 0 Å². The van der Waals surface area contributed by atoms with Crippen molar-refractivity contribution in [1.29, 1.82) is 0 Å². The van der Waals surface area contributed by atoms with Crippen LogP contribution in [-0.4, -0.2) is 28.7 Å². The Bertz CT molecular complexity index is 97.9. The van der Waals surface area contributed by atoms with E-state index in [4.69, 9.17) is 0 Å². The Morgan fingerprint density at radius 3 is 2.30 bits per heavy atom. The Morgan fingerprint density at radius 2 is 2.20 bits per heavy atom. The van der Waals surface area contributed by atoms with Crippen molar-refractivity contribution in [3.05, 3.63) is 11.5 Å². The van der Waals surface area contributed by atoms with Crippen LogP contribution in [0.25, 0.3) is 0 Å². The first-order valence-corrected chi connectivity index (χ1v) is 3.57. The predicted octanol–water partition coefficient (Wildman–Crippen LogP) is 0.0760. The van der Waals surface area contributed by atoms with Crippen molar-refractivity contribution < 1.29 is 10.3 Å². The van der Waals surface area contributed by atoms with Crippen molar-refractivity contribution in [2.45, 2.75) is 12.8 Å². The van der Waals surface area contributed by atoms with Crippen molar-refractivity contribution in [2.75, 3.05) is 6.54 Å². The third-order valence-corrected chi connectivity index (χ3v) is 0.903. The molecular weight excluding hydrogens is 145 g/mol. The first-order chi connectivity index (χ1) is 4.31. The maximum Gasteiger partial charge on any atom is 0.220 e. The Hall–Kier alpha value is -0.298. The molecule has 0 spiro atoms. The molecule has 1 aliphatic rings. The number of hydrogen-bond acceptors (Lipinski definition) is 1. The van der Waals surface area contributed by atoms with Gasteiger partial charge in [-0.05, 0) is 6.42 Å². The predicted molar refractivity (Wildman–Crippen MR) is 38.9 cm³/mol. The van der Waals surface area contributed by atoms with Gasteiger partial charge in [-0.25, -0.2) is 0 Å². The zero-order chi connectivity index (χ0) is 7.11. The van der Waals surface area contributed by atoms with Gasteiger partial charge in [-0.15, -0.1) is 0 Å². The van der Waals surface area contributed by atoms with E-state index >= 15 is 0 Å². The summed E-state index contributed by atoms with van der Waals surface area (Å²) in [5.41, 5.74) is 0. The Kier molecular flexibility index (Phi) is 10.8. The largest absolute Gasteiger partial charge is 2.00 e. The molecule has 0 aromatic heterocycles. The Morgan fingerprint density at radius 1 is 1.70 bits per heavy atom. The van der Waals surface area contributed by atoms with Crippen molar-refractivity contribution in [1.82, 2.24) is 5.32 Å². The van der Waals surface area contributed by atoms with E-state index in [0.717, 1.165) is 19.4 Å². The molecule has 0 aromatic carbocycles. The SMILES string of the molecule is C=[CH][Al+2].O=C1CCCN1.[O-2]. The average molecular weight is 155 g/mol. The molecule has 1 rings (SSSR count). The molecule has 1 amide bonds. The van der Waals surface area contributed by atoms with E-state index in [1.807, 2.05) is 0 Å². The number of nitrogens with one attached hydrogen (secondary N) is 1. The monoisotopic (exact) mass is 155 g/mol. The average Bonchev–Trinajstić information content (AvgIpc) is 2.20. The summed E-state index contributed by atoms with van der Waals surface area (Å²) < 4.78 is 0. The molecule has 4 heteroatoms. The molecule has 1 saturated heterocycles. The Labute approximate surface area is 69.2 Å². The summed E-state index contributed by atoms with van der Waals surface area (Å²) in [5.74, 6) is 0.204. The van der Waals surface area contributed by atoms with Crippen LogP contribution >= 0.6 is 0 Å². The summed E-state index contributed by atoms with van der Waals surface area (Å²) >= 11 is 2.34. The van der Waals surface area contributed by atoms with E-state index in [1.54, 1.807) is 4.94 Å². The van der Waals surface area contributed by atoms with Crippen molar-refractivity contribution >= 4 is 22.2 Å². The smallest absolute Gasteiger partial charge is 0.220 e. The molecule has 10 heavy (non-hydrogen) atoms. The molecule has 0 saturated carbocycles. The number of carbonyl (C=O) groups is 1. The zero-order valence-corrected chi connectivity index (χ0v) is 6.95. The molecule has 54 valence electrons. The summed E-state index contributed by atoms with van der Waals surface area (Å²) in [6.45, 7) is 4.21. The standard InChI is InChI=1S/C4H7NO.C2H3.Al.O/c6-4-2-1-3-5-4;1-2;;/h1-3H2,(H,5,6);1H,2H2;;/q;;+2;-2. The van der Waals surface area contributed by atoms with Crippen LogP contribution < -0.4 is 5.32 Å². The fourth-order valence-corrected chi connectivity index (χ4v) is 0.565. The molecule has 1 fully saturated rings. The number of carbonyl (C=O) groups excluding carboxylic acids is 1. The maximum absolute atomic E-state index is 10.1. The first kappa shape index (κ1) is 12.4. The van der Waals surface area contributed by atoms with Crippen molar-refractivity contribution in [2.24, 2.45) is 0 Å². The first-order valence-electron chi connectivity index (χ1n) is 2.90. The van der Waals surface area contributed by atoms with Gasteiger partial charge >= 0.3 is 27.8 Å². The summed E-state index contributed by atoms with van der Waals surface area (Å²) in [6, 6.07) is 0. The topological polar surface area (TPSA) is 57.6 Å². The van der Waals surface area contributed by atoms with E-state index in [0.29, 0.717) is 0 Å². The molecule has 1 heterocycles. The van der Waals surface area contributed by atoms with Crippen molar-refractivity contribution in [3.63, 3.8) is 0 Å². The van der Waals surface area contributed by atoms with E-state index in [2.05, 4.69) is 28.2 Å². The van der Waals surface area contributed by atoms with E-state index in [1.165, 1.54) is 0 Å². The summed E-state index contributed by atoms with van der Waals surface area (Å²) in [7, 11) is 0. The van der Waals surface area contributed by atoms with Crippen molar-refractivity contribution in [3.8, 4) is 0 Å². The molecule has 0 aliphatic carbocycles. The van der Waals surface area contributed by atoms with E-state index < -0.39 is 0 Å². The fraction of sp³-hybridized carbons (Fsp3) is 0.500. The van der Waals surface area contributed by atoms with Crippen LogP contribution in [0, 0.1) is 0 Å². The molecule has 1 aliphatic heterocycles. The molecular formula is C6H10AlNO2. The molecule has 0 atom stereocenters. The summed E-state index contributed by atoms with van der Waals surface area (Å²) in [6.07, 6.45) is 1.76. The second kappa shape index (κ2) is 8.70. The number of hydrogen-bond donors (Lipinski definition) is 1. The third kappa shape index (κ3) is 7.70. The van der Waals surface area contributed by atoms with Gasteiger partial charge in [-0.1, -0.05) is 0 Å². The van der Waals surface area contributed by atoms with E-state index in [-0.39, 0.29) is 11.4 Å². The van der Waals surface area contributed by atoms with Crippen LogP contribution in [0.2, 0.25) is 0 Å². The Balaban J connectivity index is 0. The van der Waals surface area contributed by atoms with Crippen LogP contribution in [0.1, 0.15) is 12.8 Å². The van der Waals surface area contributed by atoms with Gasteiger partial charge in [0.05, 0.1) is 0 Å². The van der Waals surface area contributed by atoms with Gasteiger partial charge in [0, 0.05) is 13.0 Å². The van der Waals surface area contributed by atoms with Gasteiger partial charge in [0.15, 0.2) is 0 Å². The van der Waals surface area contributed by atoms with E-state index in [9.17, 15) is 4.79 Å². The van der Waals surface area contributed by atoms with Gasteiger partial charge in [-0.3, -0.25) is 4.79 Å². The minimum Gasteiger partial charge on any atom is -2.00 e. The normalized spacial score (nSPS) is 14.0. The maximum atomic E-state index is 10.1. The molecule has 0 aromatic rings. The van der Waals surface area contributed by atoms with Gasteiger partial charge < -0.3 is 10.8 Å². The molecule has 0 radical (unpaired) electrons. The van der Waals surface area contributed by atoms with Crippen LogP contribution in [0.3, 0.4) is 0 Å². The summed E-state index contributed by atoms with van der Waals surface area (Å²) in [4.78, 5) is 11.8. The number of amides is 1. The summed E-state index contributed by atoms with van der Waals surface area (Å²) in [5, 5.41) is 2.68. The second-order valence-corrected chi connectivity index (χ2v) is 2.16. The second-order valence-electron chi connectivity index (χ2n) is 1.69. The molecule has 0 bridgehead atoms. The molecule has 1 N–H and O–H groups in total. The minimum absolute atomic E-state index is 0. The fourth-order valence-electron chi connectivity index (χ4n) is 0.565. The number of rotatable bonds is 0. The van der Waals surface area contributed by atoms with Crippen LogP contribution in [0.4, 0.5) is 0 Å². The molecule has 3 nitrogen and oxygen atoms in total. The molecule has 0 unspecified atom stereocenters. The van der Waals surface area contributed by atoms with Gasteiger partial charge in [0.25, 0.3) is 0 Å². The third-order valence-electron chi connectivity index (χ3n) is 0.903. The van der Waals surface area contributed by atoms with Crippen LogP contribution in [-0.2, 0) is 10.3 Å². The van der Waals surface area contributed by atoms with Crippen LogP contribution in [0.15, 0.2) is 11.5 Å². The minimum atomic E-state index is 0. The van der Waals surface area contributed by atoms with Gasteiger partial charge in [0.1, 0.15) is 0 Å².